The van der Waals surface area contributed by atoms with E-state index in [0.29, 0.717) is 0 Å². The third-order valence-corrected chi connectivity index (χ3v) is 4.10. The molecule has 1 fully saturated rings. The number of carbonyl (C=O) groups excluding carboxylic acids is 1. The monoisotopic (exact) mass is 240 g/mol. The zero-order valence-electron chi connectivity index (χ0n) is 11.6. The molecule has 0 heterocycles. The number of nitrogens with one attached hydrogen (secondary N) is 1. The van der Waals surface area contributed by atoms with Gasteiger partial charge in [0.25, 0.3) is 0 Å². The number of carbonyl (C=O) groups is 1. The molecule has 2 unspecified atom stereocenters. The van der Waals surface area contributed by atoms with Crippen molar-refractivity contribution in [1.29, 1.82) is 0 Å². The van der Waals surface area contributed by atoms with Gasteiger partial charge >= 0.3 is 0 Å². The first-order chi connectivity index (χ1) is 7.96. The zero-order valence-corrected chi connectivity index (χ0v) is 11.6. The fraction of sp³-hybridized carbons (Fsp3) is 0.929. The number of hydrogen-bond acceptors (Lipinski definition) is 2. The lowest BCUT2D eigenvalue weighted by molar-refractivity contribution is -0.126. The molecule has 1 saturated carbocycles. The van der Waals surface area contributed by atoms with Gasteiger partial charge in [0.1, 0.15) is 0 Å². The lowest BCUT2D eigenvalue weighted by Gasteiger charge is -2.26. The first-order valence-corrected chi connectivity index (χ1v) is 6.99. The minimum atomic E-state index is 0.0326. The van der Waals surface area contributed by atoms with Crippen LogP contribution in [0.25, 0.3) is 0 Å². The molecule has 1 rings (SSSR count). The second-order valence-electron chi connectivity index (χ2n) is 6.14. The molecule has 0 aromatic rings. The van der Waals surface area contributed by atoms with Crippen LogP contribution in [0.5, 0.6) is 0 Å². The molecule has 0 saturated heterocycles. The number of nitrogens with two attached hydrogens (primary N) is 1. The smallest absolute Gasteiger partial charge is 0.224 e. The van der Waals surface area contributed by atoms with Crippen molar-refractivity contribution < 1.29 is 4.79 Å². The molecule has 1 aliphatic rings. The summed E-state index contributed by atoms with van der Waals surface area (Å²) in [5, 5.41) is 3.08. The molecule has 1 amide bonds. The standard InChI is InChI=1S/C14H28N2O/c1-4-14(2,3)10-16-13(17)11-8-6-5-7-9-12(11)15/h11-12H,4-10,15H2,1-3H3,(H,16,17). The van der Waals surface area contributed by atoms with Crippen LogP contribution in [-0.4, -0.2) is 18.5 Å². The molecule has 3 heteroatoms. The van der Waals surface area contributed by atoms with E-state index >= 15 is 0 Å². The number of rotatable bonds is 4. The van der Waals surface area contributed by atoms with Crippen LogP contribution in [0.1, 0.15) is 59.3 Å². The molecule has 1 aliphatic carbocycles. The maximum atomic E-state index is 12.1. The summed E-state index contributed by atoms with van der Waals surface area (Å²) in [5.74, 6) is 0.200. The van der Waals surface area contributed by atoms with Crippen LogP contribution in [0, 0.1) is 11.3 Å². The van der Waals surface area contributed by atoms with Crippen molar-refractivity contribution in [3.05, 3.63) is 0 Å². The van der Waals surface area contributed by atoms with Crippen molar-refractivity contribution in [2.24, 2.45) is 17.1 Å². The molecule has 3 N–H and O–H groups in total. The lowest BCUT2D eigenvalue weighted by atomic mass is 9.89. The Morgan fingerprint density at radius 3 is 2.59 bits per heavy atom. The van der Waals surface area contributed by atoms with Gasteiger partial charge in [0.05, 0.1) is 5.92 Å². The zero-order chi connectivity index (χ0) is 12.9. The van der Waals surface area contributed by atoms with E-state index < -0.39 is 0 Å². The Labute approximate surface area is 106 Å². The highest BCUT2D eigenvalue weighted by atomic mass is 16.1. The second-order valence-corrected chi connectivity index (χ2v) is 6.14. The molecule has 0 aromatic carbocycles. The summed E-state index contributed by atoms with van der Waals surface area (Å²) >= 11 is 0. The van der Waals surface area contributed by atoms with E-state index in [1.807, 2.05) is 0 Å². The van der Waals surface area contributed by atoms with Crippen LogP contribution in [0.2, 0.25) is 0 Å². The van der Waals surface area contributed by atoms with Crippen molar-refractivity contribution in [2.45, 2.75) is 65.3 Å². The summed E-state index contributed by atoms with van der Waals surface area (Å²) in [6, 6.07) is 0.0576. The van der Waals surface area contributed by atoms with Crippen molar-refractivity contribution >= 4 is 5.91 Å². The van der Waals surface area contributed by atoms with Gasteiger partial charge < -0.3 is 11.1 Å². The summed E-state index contributed by atoms with van der Waals surface area (Å²) in [6.45, 7) is 7.27. The summed E-state index contributed by atoms with van der Waals surface area (Å²) in [4.78, 5) is 12.1. The number of hydrogen-bond donors (Lipinski definition) is 2. The predicted molar refractivity (Wildman–Crippen MR) is 71.6 cm³/mol. The first kappa shape index (κ1) is 14.5. The fourth-order valence-corrected chi connectivity index (χ4v) is 2.24. The van der Waals surface area contributed by atoms with E-state index in [2.05, 4.69) is 26.1 Å². The summed E-state index contributed by atoms with van der Waals surface area (Å²) in [6.07, 6.45) is 6.56. The summed E-state index contributed by atoms with van der Waals surface area (Å²) in [5.41, 5.74) is 6.28. The Bertz CT molecular complexity index is 251. The molecule has 0 aromatic heterocycles. The maximum Gasteiger partial charge on any atom is 0.224 e. The van der Waals surface area contributed by atoms with E-state index in [9.17, 15) is 4.79 Å². The minimum Gasteiger partial charge on any atom is -0.355 e. The van der Waals surface area contributed by atoms with E-state index in [1.165, 1.54) is 12.8 Å². The topological polar surface area (TPSA) is 55.1 Å². The quantitative estimate of drug-likeness (QED) is 0.742. The Balaban J connectivity index is 2.45. The lowest BCUT2D eigenvalue weighted by Crippen LogP contribution is -2.44. The third-order valence-electron chi connectivity index (χ3n) is 4.10. The van der Waals surface area contributed by atoms with Gasteiger partial charge in [-0.1, -0.05) is 40.0 Å². The second kappa shape index (κ2) is 6.39. The van der Waals surface area contributed by atoms with Crippen LogP contribution < -0.4 is 11.1 Å². The summed E-state index contributed by atoms with van der Waals surface area (Å²) in [7, 11) is 0. The molecular formula is C14H28N2O. The Morgan fingerprint density at radius 2 is 1.94 bits per heavy atom. The third kappa shape index (κ3) is 4.66. The average molecular weight is 240 g/mol. The van der Waals surface area contributed by atoms with E-state index in [1.54, 1.807) is 0 Å². The highest BCUT2D eigenvalue weighted by Gasteiger charge is 2.27. The SMILES string of the molecule is CCC(C)(C)CNC(=O)C1CCCCCC1N. The van der Waals surface area contributed by atoms with Gasteiger partial charge in [-0.15, -0.1) is 0 Å². The molecule has 17 heavy (non-hydrogen) atoms. The molecule has 0 bridgehead atoms. The van der Waals surface area contributed by atoms with Gasteiger partial charge in [-0.2, -0.15) is 0 Å². The highest BCUT2D eigenvalue weighted by Crippen LogP contribution is 2.23. The van der Waals surface area contributed by atoms with Crippen LogP contribution in [0.15, 0.2) is 0 Å². The van der Waals surface area contributed by atoms with Crippen LogP contribution >= 0.6 is 0 Å². The van der Waals surface area contributed by atoms with Crippen molar-refractivity contribution in [3.8, 4) is 0 Å². The van der Waals surface area contributed by atoms with Gasteiger partial charge in [0.15, 0.2) is 0 Å². The van der Waals surface area contributed by atoms with Gasteiger partial charge in [-0.25, -0.2) is 0 Å². The average Bonchev–Trinajstić information content (AvgIpc) is 2.51. The molecule has 0 spiro atoms. The van der Waals surface area contributed by atoms with Gasteiger partial charge in [0.2, 0.25) is 5.91 Å². The molecule has 0 aliphatic heterocycles. The molecule has 100 valence electrons. The maximum absolute atomic E-state index is 12.1. The Morgan fingerprint density at radius 1 is 1.29 bits per heavy atom. The van der Waals surface area contributed by atoms with E-state index in [0.717, 1.165) is 32.2 Å². The first-order valence-electron chi connectivity index (χ1n) is 6.99. The van der Waals surface area contributed by atoms with E-state index in [4.69, 9.17) is 5.73 Å². The van der Waals surface area contributed by atoms with Crippen molar-refractivity contribution in [2.75, 3.05) is 6.54 Å². The molecule has 3 nitrogen and oxygen atoms in total. The van der Waals surface area contributed by atoms with Gasteiger partial charge in [-0.05, 0) is 24.7 Å². The van der Waals surface area contributed by atoms with Crippen molar-refractivity contribution in [1.82, 2.24) is 5.32 Å². The van der Waals surface area contributed by atoms with Gasteiger partial charge in [-0.3, -0.25) is 4.79 Å². The van der Waals surface area contributed by atoms with Crippen molar-refractivity contribution in [3.63, 3.8) is 0 Å². The fourth-order valence-electron chi connectivity index (χ4n) is 2.24. The van der Waals surface area contributed by atoms with E-state index in [-0.39, 0.29) is 23.3 Å². The predicted octanol–water partition coefficient (Wildman–Crippen LogP) is 2.45. The molecule has 0 radical (unpaired) electrons. The summed E-state index contributed by atoms with van der Waals surface area (Å²) < 4.78 is 0. The highest BCUT2D eigenvalue weighted by molar-refractivity contribution is 5.79. The minimum absolute atomic E-state index is 0.0326. The largest absolute Gasteiger partial charge is 0.355 e. The van der Waals surface area contributed by atoms with Gasteiger partial charge in [0, 0.05) is 12.6 Å². The molecular weight excluding hydrogens is 212 g/mol. The number of amides is 1. The normalized spacial score (nSPS) is 26.4. The van der Waals surface area contributed by atoms with Crippen LogP contribution in [-0.2, 0) is 4.79 Å². The van der Waals surface area contributed by atoms with Crippen LogP contribution in [0.3, 0.4) is 0 Å². The Hall–Kier alpha value is -0.570. The molecule has 2 atom stereocenters. The van der Waals surface area contributed by atoms with Crippen LogP contribution in [0.4, 0.5) is 0 Å². The Kier molecular flexibility index (Phi) is 5.44.